The van der Waals surface area contributed by atoms with Crippen LogP contribution in [-0.2, 0) is 20.8 Å². The molecule has 0 radical (unpaired) electrons. The molecule has 3 heterocycles. The number of benzene rings is 1. The van der Waals surface area contributed by atoms with E-state index in [1.54, 1.807) is 0 Å². The highest BCUT2D eigenvalue weighted by Gasteiger charge is 2.47. The van der Waals surface area contributed by atoms with Gasteiger partial charge in [0.15, 0.2) is 12.4 Å². The maximum atomic E-state index is 12.7. The molecule has 0 unspecified atom stereocenters. The third-order valence-electron chi connectivity index (χ3n) is 4.62. The number of fused-ring (bicyclic) bond motifs is 2. The van der Waals surface area contributed by atoms with E-state index >= 15 is 0 Å². The number of nitrogens with zero attached hydrogens (tertiary/aromatic N) is 2. The van der Waals surface area contributed by atoms with Crippen molar-refractivity contribution in [2.45, 2.75) is 25.0 Å². The van der Waals surface area contributed by atoms with Gasteiger partial charge in [-0.2, -0.15) is 11.8 Å². The van der Waals surface area contributed by atoms with Crippen LogP contribution in [0.4, 0.5) is 0 Å². The predicted octanol–water partition coefficient (Wildman–Crippen LogP) is 1.19. The van der Waals surface area contributed by atoms with Crippen molar-refractivity contribution in [2.24, 2.45) is 0 Å². The van der Waals surface area contributed by atoms with Gasteiger partial charge < -0.3 is 14.4 Å². The molecule has 3 atom stereocenters. The summed E-state index contributed by atoms with van der Waals surface area (Å²) in [6.45, 7) is 4.01. The molecule has 23 heavy (non-hydrogen) atoms. The van der Waals surface area contributed by atoms with Gasteiger partial charge in [0.1, 0.15) is 6.10 Å². The first-order chi connectivity index (χ1) is 11.3. The van der Waals surface area contributed by atoms with Gasteiger partial charge in [-0.15, -0.1) is 0 Å². The van der Waals surface area contributed by atoms with Gasteiger partial charge in [-0.3, -0.25) is 9.69 Å². The second kappa shape index (κ2) is 6.81. The van der Waals surface area contributed by atoms with E-state index in [9.17, 15) is 4.79 Å². The van der Waals surface area contributed by atoms with Crippen molar-refractivity contribution in [2.75, 3.05) is 37.7 Å². The summed E-state index contributed by atoms with van der Waals surface area (Å²) in [5.74, 6) is 2.15. The lowest BCUT2D eigenvalue weighted by atomic mass is 10.1. The van der Waals surface area contributed by atoms with Gasteiger partial charge in [-0.1, -0.05) is 30.3 Å². The Kier molecular flexibility index (Phi) is 4.57. The Morgan fingerprint density at radius 2 is 1.91 bits per heavy atom. The number of hydrogen-bond donors (Lipinski definition) is 0. The minimum atomic E-state index is -0.427. The first kappa shape index (κ1) is 15.4. The van der Waals surface area contributed by atoms with E-state index in [2.05, 4.69) is 29.2 Å². The van der Waals surface area contributed by atoms with Gasteiger partial charge in [0, 0.05) is 37.7 Å². The van der Waals surface area contributed by atoms with Crippen LogP contribution in [0.5, 0.6) is 0 Å². The van der Waals surface area contributed by atoms with Crippen LogP contribution in [0.3, 0.4) is 0 Å². The average molecular weight is 334 g/mol. The van der Waals surface area contributed by atoms with Gasteiger partial charge >= 0.3 is 0 Å². The molecule has 0 aliphatic carbocycles. The van der Waals surface area contributed by atoms with Gasteiger partial charge in [0.05, 0.1) is 6.54 Å². The van der Waals surface area contributed by atoms with Gasteiger partial charge in [0.25, 0.3) is 5.91 Å². The topological polar surface area (TPSA) is 42.0 Å². The van der Waals surface area contributed by atoms with E-state index in [-0.39, 0.29) is 18.3 Å². The van der Waals surface area contributed by atoms with Crippen molar-refractivity contribution in [1.29, 1.82) is 0 Å². The summed E-state index contributed by atoms with van der Waals surface area (Å²) in [5, 5.41) is 0. The van der Waals surface area contributed by atoms with E-state index < -0.39 is 6.10 Å². The summed E-state index contributed by atoms with van der Waals surface area (Å²) in [4.78, 5) is 17.0. The quantitative estimate of drug-likeness (QED) is 0.831. The third kappa shape index (κ3) is 3.40. The highest BCUT2D eigenvalue weighted by molar-refractivity contribution is 7.99. The second-order valence-electron chi connectivity index (χ2n) is 6.28. The van der Waals surface area contributed by atoms with Crippen LogP contribution in [0.25, 0.3) is 0 Å². The van der Waals surface area contributed by atoms with Crippen LogP contribution in [0.2, 0.25) is 0 Å². The highest BCUT2D eigenvalue weighted by atomic mass is 32.2. The minimum absolute atomic E-state index is 0.111. The second-order valence-corrected chi connectivity index (χ2v) is 7.50. The summed E-state index contributed by atoms with van der Waals surface area (Å²) >= 11 is 1.91. The molecule has 1 aromatic carbocycles. The van der Waals surface area contributed by atoms with Crippen molar-refractivity contribution in [3.8, 4) is 0 Å². The van der Waals surface area contributed by atoms with Crippen molar-refractivity contribution < 1.29 is 14.3 Å². The molecule has 3 aliphatic heterocycles. The standard InChI is InChI=1S/C17H22N2O3S/c20-17(19-6-8-23-9-7-19)16-14-11-18(12-15(21-14)22-16)10-13-4-2-1-3-5-13/h1-5,14-16H,6-12H2/t14-,15-,16+/m0/s1. The first-order valence-corrected chi connectivity index (χ1v) is 9.39. The lowest BCUT2D eigenvalue weighted by molar-refractivity contribution is -0.144. The SMILES string of the molecule is O=C([C@@H]1O[C@H]2CN(Cc3ccccc3)C[C@@H]1O2)N1CCSCC1. The average Bonchev–Trinajstić information content (AvgIpc) is 2.90. The Balaban J connectivity index is 1.39. The zero-order valence-corrected chi connectivity index (χ0v) is 13.9. The summed E-state index contributed by atoms with van der Waals surface area (Å²) < 4.78 is 11.8. The molecule has 3 aliphatic rings. The van der Waals surface area contributed by atoms with Crippen LogP contribution in [0.15, 0.2) is 30.3 Å². The molecule has 3 fully saturated rings. The third-order valence-corrected chi connectivity index (χ3v) is 5.57. The van der Waals surface area contributed by atoms with Crippen LogP contribution in [0.1, 0.15) is 5.56 Å². The summed E-state index contributed by atoms with van der Waals surface area (Å²) in [7, 11) is 0. The molecule has 6 heteroatoms. The van der Waals surface area contributed by atoms with E-state index in [0.717, 1.165) is 44.2 Å². The Morgan fingerprint density at radius 3 is 2.70 bits per heavy atom. The Bertz CT molecular complexity index is 550. The number of morpholine rings is 1. The number of ether oxygens (including phenoxy) is 2. The lowest BCUT2D eigenvalue weighted by Crippen LogP contribution is -2.49. The zero-order chi connectivity index (χ0) is 15.6. The van der Waals surface area contributed by atoms with E-state index in [4.69, 9.17) is 9.47 Å². The Morgan fingerprint density at radius 1 is 1.13 bits per heavy atom. The molecule has 0 aromatic heterocycles. The smallest absolute Gasteiger partial charge is 0.254 e. The first-order valence-electron chi connectivity index (χ1n) is 8.23. The predicted molar refractivity (Wildman–Crippen MR) is 89.2 cm³/mol. The van der Waals surface area contributed by atoms with Gasteiger partial charge in [-0.05, 0) is 5.56 Å². The molecule has 5 nitrogen and oxygen atoms in total. The van der Waals surface area contributed by atoms with E-state index in [1.807, 2.05) is 22.7 Å². The van der Waals surface area contributed by atoms with E-state index in [0.29, 0.717) is 0 Å². The summed E-state index contributed by atoms with van der Waals surface area (Å²) in [6.07, 6.45) is -0.839. The molecule has 0 spiro atoms. The number of carbonyl (C=O) groups excluding carboxylic acids is 1. The highest BCUT2D eigenvalue weighted by Crippen LogP contribution is 2.28. The largest absolute Gasteiger partial charge is 0.343 e. The van der Waals surface area contributed by atoms with Crippen molar-refractivity contribution in [3.05, 3.63) is 35.9 Å². The summed E-state index contributed by atoms with van der Waals surface area (Å²) in [5.41, 5.74) is 1.28. The Labute approximate surface area is 140 Å². The molecule has 1 aromatic rings. The van der Waals surface area contributed by atoms with Gasteiger partial charge in [0.2, 0.25) is 0 Å². The molecule has 0 saturated carbocycles. The monoisotopic (exact) mass is 334 g/mol. The minimum Gasteiger partial charge on any atom is -0.343 e. The lowest BCUT2D eigenvalue weighted by Gasteiger charge is -2.32. The van der Waals surface area contributed by atoms with Crippen LogP contribution in [0, 0.1) is 0 Å². The van der Waals surface area contributed by atoms with Gasteiger partial charge in [-0.25, -0.2) is 0 Å². The fraction of sp³-hybridized carbons (Fsp3) is 0.588. The number of thioether (sulfide) groups is 1. The van der Waals surface area contributed by atoms with Crippen LogP contribution >= 0.6 is 11.8 Å². The Hall–Kier alpha value is -1.08. The van der Waals surface area contributed by atoms with Crippen LogP contribution < -0.4 is 0 Å². The maximum Gasteiger partial charge on any atom is 0.254 e. The fourth-order valence-corrected chi connectivity index (χ4v) is 4.37. The molecule has 124 valence electrons. The molecule has 4 rings (SSSR count). The number of amides is 1. The van der Waals surface area contributed by atoms with Crippen molar-refractivity contribution >= 4 is 17.7 Å². The normalized spacial score (nSPS) is 31.3. The van der Waals surface area contributed by atoms with Crippen molar-refractivity contribution in [3.63, 3.8) is 0 Å². The van der Waals surface area contributed by atoms with Crippen molar-refractivity contribution in [1.82, 2.24) is 9.80 Å². The number of hydrogen-bond acceptors (Lipinski definition) is 5. The fourth-order valence-electron chi connectivity index (χ4n) is 3.47. The molecule has 3 saturated heterocycles. The van der Waals surface area contributed by atoms with E-state index in [1.165, 1.54) is 5.56 Å². The number of rotatable bonds is 3. The summed E-state index contributed by atoms with van der Waals surface area (Å²) in [6, 6.07) is 10.4. The molecule has 1 amide bonds. The molecule has 2 bridgehead atoms. The van der Waals surface area contributed by atoms with Crippen LogP contribution in [-0.4, -0.2) is 71.9 Å². The molecular formula is C17H22N2O3S. The maximum absolute atomic E-state index is 12.7. The molecule has 0 N–H and O–H groups in total. The molecular weight excluding hydrogens is 312 g/mol. The number of carbonyl (C=O) groups is 1. The zero-order valence-electron chi connectivity index (χ0n) is 13.1.